The highest BCUT2D eigenvalue weighted by atomic mass is 32.2. The summed E-state index contributed by atoms with van der Waals surface area (Å²) in [6, 6.07) is -0.333. The molecule has 1 aromatic heterocycles. The molecule has 1 unspecified atom stereocenters. The minimum atomic E-state index is -3.10. The van der Waals surface area contributed by atoms with Gasteiger partial charge in [-0.3, -0.25) is 9.89 Å². The van der Waals surface area contributed by atoms with Crippen molar-refractivity contribution < 1.29 is 22.7 Å². The molecule has 0 bridgehead atoms. The number of carbonyl (C=O) groups excluding carboxylic acids is 2. The Hall–Kier alpha value is -2.10. The first-order valence-corrected chi connectivity index (χ1v) is 11.4. The van der Waals surface area contributed by atoms with Gasteiger partial charge in [-0.25, -0.2) is 13.2 Å². The van der Waals surface area contributed by atoms with Crippen molar-refractivity contribution in [2.75, 3.05) is 24.6 Å². The first-order chi connectivity index (χ1) is 13.0. The Morgan fingerprint density at radius 3 is 2.64 bits per heavy atom. The molecule has 0 radical (unpaired) electrons. The Morgan fingerprint density at radius 2 is 2.07 bits per heavy atom. The molecule has 0 aliphatic carbocycles. The van der Waals surface area contributed by atoms with E-state index in [0.29, 0.717) is 31.5 Å². The van der Waals surface area contributed by atoms with Gasteiger partial charge in [-0.2, -0.15) is 5.10 Å². The molecule has 1 aromatic rings. The molecule has 1 saturated heterocycles. The number of ether oxygens (including phenoxy) is 1. The molecule has 9 nitrogen and oxygen atoms in total. The van der Waals surface area contributed by atoms with Crippen molar-refractivity contribution in [3.05, 3.63) is 17.0 Å². The number of fused-ring (bicyclic) bond motifs is 1. The van der Waals surface area contributed by atoms with E-state index in [0.717, 1.165) is 5.69 Å². The van der Waals surface area contributed by atoms with Crippen LogP contribution in [-0.2, 0) is 27.5 Å². The quantitative estimate of drug-likeness (QED) is 0.802. The van der Waals surface area contributed by atoms with E-state index in [4.69, 9.17) is 4.74 Å². The number of nitrogens with one attached hydrogen (secondary N) is 1. The van der Waals surface area contributed by atoms with E-state index in [2.05, 4.69) is 10.2 Å². The van der Waals surface area contributed by atoms with Crippen LogP contribution in [0.3, 0.4) is 0 Å². The van der Waals surface area contributed by atoms with Crippen molar-refractivity contribution in [2.45, 2.75) is 58.7 Å². The van der Waals surface area contributed by atoms with Gasteiger partial charge in [0.05, 0.1) is 18.1 Å². The third-order valence-electron chi connectivity index (χ3n) is 5.04. The molecule has 3 rings (SSSR count). The summed E-state index contributed by atoms with van der Waals surface area (Å²) < 4.78 is 29.1. The number of H-pyrrole nitrogens is 1. The van der Waals surface area contributed by atoms with Crippen molar-refractivity contribution in [1.29, 1.82) is 0 Å². The highest BCUT2D eigenvalue weighted by Gasteiger charge is 2.37. The van der Waals surface area contributed by atoms with Crippen LogP contribution in [0.2, 0.25) is 0 Å². The zero-order valence-corrected chi connectivity index (χ0v) is 17.6. The molecule has 1 N–H and O–H groups in total. The molecular formula is C18H28N4O5S. The largest absolute Gasteiger partial charge is 0.444 e. The number of sulfone groups is 1. The van der Waals surface area contributed by atoms with Crippen molar-refractivity contribution in [2.24, 2.45) is 0 Å². The standard InChI is InChI=1S/C18H28N4O5S/c1-5-22(12-7-9-28(25,26)11-12)16(23)15-13-10-21(8-6-14(13)19-20-15)17(24)27-18(2,3)4/h12H,5-11H2,1-4H3,(H,19,20). The molecule has 0 spiro atoms. The molecule has 0 saturated carbocycles. The van der Waals surface area contributed by atoms with E-state index in [1.54, 1.807) is 9.80 Å². The molecule has 2 aliphatic heterocycles. The van der Waals surface area contributed by atoms with Gasteiger partial charge >= 0.3 is 6.09 Å². The Labute approximate surface area is 165 Å². The topological polar surface area (TPSA) is 113 Å². The number of nitrogens with zero attached hydrogens (tertiary/aromatic N) is 3. The van der Waals surface area contributed by atoms with Gasteiger partial charge in [0.1, 0.15) is 5.60 Å². The molecular weight excluding hydrogens is 384 g/mol. The molecule has 10 heteroatoms. The summed E-state index contributed by atoms with van der Waals surface area (Å²) in [5.74, 6) is -0.205. The summed E-state index contributed by atoms with van der Waals surface area (Å²) in [4.78, 5) is 28.7. The van der Waals surface area contributed by atoms with Gasteiger partial charge in [-0.1, -0.05) is 0 Å². The van der Waals surface area contributed by atoms with E-state index >= 15 is 0 Å². The van der Waals surface area contributed by atoms with Gasteiger partial charge in [0, 0.05) is 36.8 Å². The fourth-order valence-corrected chi connectivity index (χ4v) is 5.41. The first-order valence-electron chi connectivity index (χ1n) is 9.56. The molecule has 1 fully saturated rings. The number of amides is 2. The molecule has 3 heterocycles. The number of rotatable bonds is 3. The lowest BCUT2D eigenvalue weighted by Crippen LogP contribution is -2.43. The molecule has 2 aliphatic rings. The van der Waals surface area contributed by atoms with Gasteiger partial charge in [-0.05, 0) is 34.1 Å². The van der Waals surface area contributed by atoms with E-state index in [9.17, 15) is 18.0 Å². The highest BCUT2D eigenvalue weighted by molar-refractivity contribution is 7.91. The highest BCUT2D eigenvalue weighted by Crippen LogP contribution is 2.25. The number of aromatic amines is 1. The SMILES string of the molecule is CCN(C(=O)c1n[nH]c2c1CN(C(=O)OC(C)(C)C)CC2)C1CCS(=O)(=O)C1. The summed E-state index contributed by atoms with van der Waals surface area (Å²) >= 11 is 0. The fourth-order valence-electron chi connectivity index (χ4n) is 3.68. The van der Waals surface area contributed by atoms with Gasteiger partial charge in [0.25, 0.3) is 5.91 Å². The van der Waals surface area contributed by atoms with Crippen molar-refractivity contribution in [3.8, 4) is 0 Å². The average molecular weight is 413 g/mol. The Kier molecular flexibility index (Phi) is 5.44. The van der Waals surface area contributed by atoms with E-state index in [1.807, 2.05) is 27.7 Å². The lowest BCUT2D eigenvalue weighted by atomic mass is 10.0. The van der Waals surface area contributed by atoms with Gasteiger partial charge in [-0.15, -0.1) is 0 Å². The van der Waals surface area contributed by atoms with Gasteiger partial charge in [0.2, 0.25) is 0 Å². The Bertz CT molecular complexity index is 871. The second kappa shape index (κ2) is 7.38. The average Bonchev–Trinajstić information content (AvgIpc) is 3.16. The molecule has 28 heavy (non-hydrogen) atoms. The van der Waals surface area contributed by atoms with Crippen LogP contribution >= 0.6 is 0 Å². The predicted molar refractivity (Wildman–Crippen MR) is 103 cm³/mol. The number of carbonyl (C=O) groups is 2. The molecule has 156 valence electrons. The summed E-state index contributed by atoms with van der Waals surface area (Å²) in [5, 5.41) is 7.10. The van der Waals surface area contributed by atoms with E-state index in [-0.39, 0.29) is 35.7 Å². The second-order valence-electron chi connectivity index (χ2n) is 8.33. The zero-order valence-electron chi connectivity index (χ0n) is 16.8. The number of aromatic nitrogens is 2. The van der Waals surface area contributed by atoms with Crippen LogP contribution in [0.4, 0.5) is 4.79 Å². The lowest BCUT2D eigenvalue weighted by Gasteiger charge is -2.31. The van der Waals surface area contributed by atoms with Crippen LogP contribution in [0.15, 0.2) is 0 Å². The van der Waals surface area contributed by atoms with Crippen molar-refractivity contribution in [1.82, 2.24) is 20.0 Å². The maximum atomic E-state index is 13.1. The van der Waals surface area contributed by atoms with Crippen LogP contribution in [0.25, 0.3) is 0 Å². The van der Waals surface area contributed by atoms with E-state index in [1.165, 1.54) is 0 Å². The van der Waals surface area contributed by atoms with Gasteiger partial charge in [0.15, 0.2) is 15.5 Å². The normalized spacial score (nSPS) is 21.3. The molecule has 0 aromatic carbocycles. The monoisotopic (exact) mass is 412 g/mol. The minimum absolute atomic E-state index is 0.0107. The smallest absolute Gasteiger partial charge is 0.410 e. The Balaban J connectivity index is 1.79. The summed E-state index contributed by atoms with van der Waals surface area (Å²) in [5.41, 5.74) is 1.17. The van der Waals surface area contributed by atoms with Crippen molar-refractivity contribution >= 4 is 21.8 Å². The molecule has 2 amide bonds. The van der Waals surface area contributed by atoms with Crippen LogP contribution in [0.1, 0.15) is 55.9 Å². The maximum absolute atomic E-state index is 13.1. The number of hydrogen-bond donors (Lipinski definition) is 1. The number of hydrogen-bond acceptors (Lipinski definition) is 6. The summed E-state index contributed by atoms with van der Waals surface area (Å²) in [6.45, 7) is 8.37. The van der Waals surface area contributed by atoms with E-state index < -0.39 is 21.5 Å². The van der Waals surface area contributed by atoms with Crippen LogP contribution < -0.4 is 0 Å². The molecule has 1 atom stereocenters. The fraction of sp³-hybridized carbons (Fsp3) is 0.722. The summed E-state index contributed by atoms with van der Waals surface area (Å²) in [6.07, 6.45) is 0.573. The maximum Gasteiger partial charge on any atom is 0.410 e. The van der Waals surface area contributed by atoms with Crippen LogP contribution in [0.5, 0.6) is 0 Å². The Morgan fingerprint density at radius 1 is 1.36 bits per heavy atom. The first kappa shape index (κ1) is 20.6. The van der Waals surface area contributed by atoms with Crippen LogP contribution in [-0.4, -0.2) is 76.7 Å². The zero-order chi connectivity index (χ0) is 20.7. The predicted octanol–water partition coefficient (Wildman–Crippen LogP) is 1.35. The second-order valence-corrected chi connectivity index (χ2v) is 10.6. The lowest BCUT2D eigenvalue weighted by molar-refractivity contribution is 0.0221. The third-order valence-corrected chi connectivity index (χ3v) is 6.79. The summed E-state index contributed by atoms with van der Waals surface area (Å²) in [7, 11) is -3.10. The minimum Gasteiger partial charge on any atom is -0.444 e. The van der Waals surface area contributed by atoms with Gasteiger partial charge < -0.3 is 14.5 Å². The van der Waals surface area contributed by atoms with Crippen LogP contribution in [0, 0.1) is 0 Å². The third kappa shape index (κ3) is 4.31. The van der Waals surface area contributed by atoms with Crippen molar-refractivity contribution in [3.63, 3.8) is 0 Å².